The molecule has 0 aliphatic carbocycles. The molecular formula is C8H16O. The number of carbonyl (C=O) groups excluding carboxylic acids is 1. The molecule has 0 saturated heterocycles. The maximum atomic E-state index is 10.7. The summed E-state index contributed by atoms with van der Waals surface area (Å²) < 4.78 is 0. The molecule has 0 amide bonds. The van der Waals surface area contributed by atoms with Crippen molar-refractivity contribution in [2.24, 2.45) is 11.8 Å². The van der Waals surface area contributed by atoms with Crippen molar-refractivity contribution in [3.05, 3.63) is 0 Å². The number of carbonyl (C=O) groups is 1. The van der Waals surface area contributed by atoms with Crippen LogP contribution >= 0.6 is 0 Å². The van der Waals surface area contributed by atoms with E-state index in [4.69, 9.17) is 0 Å². The van der Waals surface area contributed by atoms with Crippen molar-refractivity contribution in [1.29, 1.82) is 0 Å². The summed E-state index contributed by atoms with van der Waals surface area (Å²) in [7, 11) is 0. The van der Waals surface area contributed by atoms with Gasteiger partial charge in [-0.1, -0.05) is 27.2 Å². The van der Waals surface area contributed by atoms with E-state index in [1.807, 2.05) is 6.92 Å². The summed E-state index contributed by atoms with van der Waals surface area (Å²) in [5.41, 5.74) is 0. The van der Waals surface area contributed by atoms with Crippen molar-refractivity contribution >= 4 is 5.78 Å². The van der Waals surface area contributed by atoms with Crippen LogP contribution in [0, 0.1) is 11.8 Å². The first-order chi connectivity index (χ1) is 4.09. The summed E-state index contributed by atoms with van der Waals surface area (Å²) in [5, 5.41) is 0. The van der Waals surface area contributed by atoms with Gasteiger partial charge in [0.25, 0.3) is 0 Å². The molecule has 0 aliphatic heterocycles. The lowest BCUT2D eigenvalue weighted by molar-refractivity contribution is -0.121. The molecule has 0 aromatic rings. The van der Waals surface area contributed by atoms with E-state index in [2.05, 4.69) is 13.8 Å². The molecule has 1 heteroatoms. The number of hydrogen-bond donors (Lipinski definition) is 0. The summed E-state index contributed by atoms with van der Waals surface area (Å²) in [4.78, 5) is 10.7. The Kier molecular flexibility index (Phi) is 3.52. The van der Waals surface area contributed by atoms with E-state index in [1.54, 1.807) is 6.92 Å². The minimum Gasteiger partial charge on any atom is -0.300 e. The molecule has 0 heterocycles. The lowest BCUT2D eigenvalue weighted by atomic mass is 9.91. The third-order valence-corrected chi connectivity index (χ3v) is 2.14. The van der Waals surface area contributed by atoms with Gasteiger partial charge in [0, 0.05) is 5.92 Å². The summed E-state index contributed by atoms with van der Waals surface area (Å²) in [5.74, 6) is 1.10. The molecule has 0 aromatic heterocycles. The van der Waals surface area contributed by atoms with Gasteiger partial charge in [0.15, 0.2) is 0 Å². The second-order valence-electron chi connectivity index (χ2n) is 2.78. The van der Waals surface area contributed by atoms with Gasteiger partial charge in [0.1, 0.15) is 5.78 Å². The monoisotopic (exact) mass is 128 g/mol. The van der Waals surface area contributed by atoms with Gasteiger partial charge in [-0.05, 0) is 12.8 Å². The molecule has 0 spiro atoms. The van der Waals surface area contributed by atoms with E-state index in [-0.39, 0.29) is 5.92 Å². The van der Waals surface area contributed by atoms with Crippen LogP contribution in [-0.4, -0.2) is 5.78 Å². The van der Waals surface area contributed by atoms with Crippen molar-refractivity contribution in [1.82, 2.24) is 0 Å². The van der Waals surface area contributed by atoms with E-state index in [9.17, 15) is 4.79 Å². The Labute approximate surface area is 57.5 Å². The van der Waals surface area contributed by atoms with Crippen LogP contribution in [0.3, 0.4) is 0 Å². The molecule has 0 rings (SSSR count). The molecule has 9 heavy (non-hydrogen) atoms. The lowest BCUT2D eigenvalue weighted by Gasteiger charge is -2.13. The maximum Gasteiger partial charge on any atom is 0.132 e. The van der Waals surface area contributed by atoms with Crippen LogP contribution < -0.4 is 0 Å². The minimum atomic E-state index is 0.245. The van der Waals surface area contributed by atoms with E-state index in [0.29, 0.717) is 11.7 Å². The topological polar surface area (TPSA) is 17.1 Å². The molecule has 0 aromatic carbocycles. The molecule has 2 atom stereocenters. The van der Waals surface area contributed by atoms with Crippen molar-refractivity contribution in [3.8, 4) is 0 Å². The van der Waals surface area contributed by atoms with Crippen molar-refractivity contribution in [3.63, 3.8) is 0 Å². The van der Waals surface area contributed by atoms with Gasteiger partial charge in [0.2, 0.25) is 0 Å². The molecule has 0 aliphatic rings. The Morgan fingerprint density at radius 1 is 1.44 bits per heavy atom. The molecule has 0 N–H and O–H groups in total. The molecular weight excluding hydrogens is 112 g/mol. The van der Waals surface area contributed by atoms with Crippen molar-refractivity contribution < 1.29 is 4.79 Å². The van der Waals surface area contributed by atoms with Gasteiger partial charge in [-0.15, -0.1) is 0 Å². The minimum absolute atomic E-state index is 0.245. The predicted octanol–water partition coefficient (Wildman–Crippen LogP) is 2.26. The zero-order valence-corrected chi connectivity index (χ0v) is 6.77. The van der Waals surface area contributed by atoms with Gasteiger partial charge < -0.3 is 0 Å². The average molecular weight is 128 g/mol. The fraction of sp³-hybridized carbons (Fsp3) is 0.875. The SMILES string of the molecule is CC[C@H](C)[C@@H](C)C(C)=O. The highest BCUT2D eigenvalue weighted by molar-refractivity contribution is 5.78. The van der Waals surface area contributed by atoms with Gasteiger partial charge in [-0.3, -0.25) is 4.79 Å². The maximum absolute atomic E-state index is 10.7. The lowest BCUT2D eigenvalue weighted by Crippen LogP contribution is -2.14. The Morgan fingerprint density at radius 3 is 2.00 bits per heavy atom. The Hall–Kier alpha value is -0.330. The van der Waals surface area contributed by atoms with Gasteiger partial charge in [0.05, 0.1) is 0 Å². The molecule has 54 valence electrons. The highest BCUT2D eigenvalue weighted by Gasteiger charge is 2.13. The highest BCUT2D eigenvalue weighted by Crippen LogP contribution is 2.14. The van der Waals surface area contributed by atoms with Crippen LogP contribution in [0.4, 0.5) is 0 Å². The quantitative estimate of drug-likeness (QED) is 0.569. The van der Waals surface area contributed by atoms with Crippen LogP contribution in [-0.2, 0) is 4.79 Å². The largest absolute Gasteiger partial charge is 0.300 e. The highest BCUT2D eigenvalue weighted by atomic mass is 16.1. The van der Waals surface area contributed by atoms with E-state index >= 15 is 0 Å². The number of hydrogen-bond acceptors (Lipinski definition) is 1. The molecule has 0 saturated carbocycles. The van der Waals surface area contributed by atoms with Crippen LogP contribution in [0.5, 0.6) is 0 Å². The fourth-order valence-corrected chi connectivity index (χ4v) is 0.754. The van der Waals surface area contributed by atoms with Gasteiger partial charge in [-0.25, -0.2) is 0 Å². The summed E-state index contributed by atoms with van der Waals surface area (Å²) >= 11 is 0. The Balaban J connectivity index is 3.72. The number of Topliss-reactive ketones (excluding diaryl/α,β-unsaturated/α-hetero) is 1. The second kappa shape index (κ2) is 3.65. The third-order valence-electron chi connectivity index (χ3n) is 2.14. The molecule has 0 unspecified atom stereocenters. The zero-order chi connectivity index (χ0) is 7.44. The first kappa shape index (κ1) is 8.67. The molecule has 0 bridgehead atoms. The summed E-state index contributed by atoms with van der Waals surface area (Å²) in [6, 6.07) is 0. The van der Waals surface area contributed by atoms with E-state index < -0.39 is 0 Å². The molecule has 1 nitrogen and oxygen atoms in total. The van der Waals surface area contributed by atoms with Crippen LogP contribution in [0.1, 0.15) is 34.1 Å². The zero-order valence-electron chi connectivity index (χ0n) is 6.77. The summed E-state index contributed by atoms with van der Waals surface area (Å²) in [6.45, 7) is 7.89. The van der Waals surface area contributed by atoms with Gasteiger partial charge in [-0.2, -0.15) is 0 Å². The van der Waals surface area contributed by atoms with Crippen LogP contribution in [0.2, 0.25) is 0 Å². The number of ketones is 1. The summed E-state index contributed by atoms with van der Waals surface area (Å²) in [6.07, 6.45) is 1.10. The smallest absolute Gasteiger partial charge is 0.132 e. The van der Waals surface area contributed by atoms with E-state index in [1.165, 1.54) is 0 Å². The average Bonchev–Trinajstić information content (AvgIpc) is 1.84. The normalized spacial score (nSPS) is 16.9. The second-order valence-corrected chi connectivity index (χ2v) is 2.78. The van der Waals surface area contributed by atoms with E-state index in [0.717, 1.165) is 6.42 Å². The van der Waals surface area contributed by atoms with Gasteiger partial charge >= 0.3 is 0 Å². The first-order valence-corrected chi connectivity index (χ1v) is 3.60. The van der Waals surface area contributed by atoms with Crippen LogP contribution in [0.15, 0.2) is 0 Å². The third kappa shape index (κ3) is 2.64. The van der Waals surface area contributed by atoms with Crippen molar-refractivity contribution in [2.75, 3.05) is 0 Å². The fourth-order valence-electron chi connectivity index (χ4n) is 0.754. The van der Waals surface area contributed by atoms with Crippen molar-refractivity contribution in [2.45, 2.75) is 34.1 Å². The first-order valence-electron chi connectivity index (χ1n) is 3.60. The predicted molar refractivity (Wildman–Crippen MR) is 39.3 cm³/mol. The Morgan fingerprint density at radius 2 is 1.89 bits per heavy atom. The standard InChI is InChI=1S/C8H16O/c1-5-6(2)7(3)8(4)9/h6-7H,5H2,1-4H3/t6-,7+/m0/s1. The molecule has 0 fully saturated rings. The Bertz CT molecular complexity index is 96.7. The number of rotatable bonds is 3. The van der Waals surface area contributed by atoms with Crippen LogP contribution in [0.25, 0.3) is 0 Å². The molecule has 0 radical (unpaired) electrons.